The summed E-state index contributed by atoms with van der Waals surface area (Å²) in [7, 11) is 0. The number of fused-ring (bicyclic) bond motifs is 1. The van der Waals surface area contributed by atoms with Gasteiger partial charge in [-0.1, -0.05) is 41.4 Å². The van der Waals surface area contributed by atoms with Gasteiger partial charge < -0.3 is 19.9 Å². The number of H-pyrrole nitrogens is 1. The molecule has 0 aliphatic rings. The minimum atomic E-state index is -1.15. The van der Waals surface area contributed by atoms with Crippen molar-refractivity contribution in [3.63, 3.8) is 0 Å². The molecule has 0 radical (unpaired) electrons. The number of esters is 1. The van der Waals surface area contributed by atoms with Crippen molar-refractivity contribution in [3.8, 4) is 0 Å². The fraction of sp³-hybridized carbons (Fsp3) is 0.346. The van der Waals surface area contributed by atoms with Crippen LogP contribution >= 0.6 is 23.2 Å². The Morgan fingerprint density at radius 3 is 2.31 bits per heavy atom. The van der Waals surface area contributed by atoms with Crippen LogP contribution in [0.4, 0.5) is 0 Å². The van der Waals surface area contributed by atoms with E-state index in [-0.39, 0.29) is 12.3 Å². The van der Waals surface area contributed by atoms with Gasteiger partial charge in [0, 0.05) is 32.1 Å². The summed E-state index contributed by atoms with van der Waals surface area (Å²) in [5, 5.41) is 4.56. The fourth-order valence-electron chi connectivity index (χ4n) is 3.98. The number of ether oxygens (including phenoxy) is 1. The molecule has 186 valence electrons. The summed E-state index contributed by atoms with van der Waals surface area (Å²) in [4.78, 5) is 43.8. The summed E-state index contributed by atoms with van der Waals surface area (Å²) in [6.45, 7) is 9.18. The minimum absolute atomic E-state index is 0.0910. The lowest BCUT2D eigenvalue weighted by Crippen LogP contribution is -2.48. The second-order valence-corrected chi connectivity index (χ2v) is 10.1. The van der Waals surface area contributed by atoms with Crippen LogP contribution in [0.3, 0.4) is 0 Å². The molecule has 7 nitrogen and oxygen atoms in total. The van der Waals surface area contributed by atoms with E-state index in [0.29, 0.717) is 32.9 Å². The topological polar surface area (TPSA) is 91.5 Å². The van der Waals surface area contributed by atoms with Gasteiger partial charge in [0.05, 0.1) is 12.6 Å². The molecule has 35 heavy (non-hydrogen) atoms. The standard InChI is InChI=1S/C26H29Cl2N3O4/c1-6-35-25(34)22-21(19-12-11-18(28)13-20(19)29-22)23(24(33)30-26(3,4)5)31(14-32)15(2)16-7-9-17(27)10-8-16/h7-15,23,29H,6H2,1-5H3,(H,30,33)/t15-,23?/m0/s1. The summed E-state index contributed by atoms with van der Waals surface area (Å²) >= 11 is 12.2. The molecular formula is C26H29Cl2N3O4. The molecule has 0 bridgehead atoms. The minimum Gasteiger partial charge on any atom is -0.461 e. The maximum atomic E-state index is 13.8. The van der Waals surface area contributed by atoms with Gasteiger partial charge in [0.15, 0.2) is 0 Å². The summed E-state index contributed by atoms with van der Waals surface area (Å²) < 4.78 is 5.27. The fourth-order valence-corrected chi connectivity index (χ4v) is 4.28. The quantitative estimate of drug-likeness (QED) is 0.290. The maximum absolute atomic E-state index is 13.8. The molecule has 0 aliphatic heterocycles. The van der Waals surface area contributed by atoms with Crippen LogP contribution in [-0.4, -0.2) is 40.3 Å². The van der Waals surface area contributed by atoms with Crippen LogP contribution in [0.5, 0.6) is 0 Å². The third kappa shape index (κ3) is 5.97. The van der Waals surface area contributed by atoms with E-state index in [9.17, 15) is 14.4 Å². The Morgan fingerprint density at radius 1 is 1.11 bits per heavy atom. The zero-order chi connectivity index (χ0) is 25.9. The Labute approximate surface area is 214 Å². The van der Waals surface area contributed by atoms with Gasteiger partial charge in [-0.25, -0.2) is 4.79 Å². The number of carbonyl (C=O) groups excluding carboxylic acids is 3. The van der Waals surface area contributed by atoms with Gasteiger partial charge in [0.1, 0.15) is 11.7 Å². The highest BCUT2D eigenvalue weighted by atomic mass is 35.5. The number of rotatable bonds is 8. The molecule has 1 unspecified atom stereocenters. The number of hydrogen-bond acceptors (Lipinski definition) is 4. The van der Waals surface area contributed by atoms with Crippen molar-refractivity contribution in [1.29, 1.82) is 0 Å². The van der Waals surface area contributed by atoms with E-state index >= 15 is 0 Å². The third-order valence-corrected chi connectivity index (χ3v) is 6.01. The highest BCUT2D eigenvalue weighted by Gasteiger charge is 2.38. The van der Waals surface area contributed by atoms with Crippen molar-refractivity contribution in [3.05, 3.63) is 69.3 Å². The van der Waals surface area contributed by atoms with Crippen LogP contribution in [0.25, 0.3) is 10.9 Å². The van der Waals surface area contributed by atoms with Gasteiger partial charge >= 0.3 is 5.97 Å². The van der Waals surface area contributed by atoms with E-state index in [0.717, 1.165) is 5.56 Å². The lowest BCUT2D eigenvalue weighted by Gasteiger charge is -2.35. The first-order valence-electron chi connectivity index (χ1n) is 11.2. The molecular weight excluding hydrogens is 489 g/mol. The van der Waals surface area contributed by atoms with E-state index in [1.165, 1.54) is 4.90 Å². The number of aromatic amines is 1. The monoisotopic (exact) mass is 517 g/mol. The molecule has 1 aromatic heterocycles. The average Bonchev–Trinajstić information content (AvgIpc) is 3.14. The van der Waals surface area contributed by atoms with Crippen LogP contribution in [0.2, 0.25) is 10.0 Å². The molecule has 0 saturated carbocycles. The average molecular weight is 518 g/mol. The number of nitrogens with zero attached hydrogens (tertiary/aromatic N) is 1. The van der Waals surface area contributed by atoms with Gasteiger partial charge in [0.2, 0.25) is 12.3 Å². The Kier molecular flexibility index (Phi) is 8.13. The zero-order valence-electron chi connectivity index (χ0n) is 20.3. The van der Waals surface area contributed by atoms with E-state index in [1.54, 1.807) is 49.4 Å². The maximum Gasteiger partial charge on any atom is 0.355 e. The van der Waals surface area contributed by atoms with Gasteiger partial charge in [-0.15, -0.1) is 0 Å². The van der Waals surface area contributed by atoms with E-state index in [4.69, 9.17) is 27.9 Å². The number of benzene rings is 2. The smallest absolute Gasteiger partial charge is 0.355 e. The molecule has 2 aromatic carbocycles. The molecule has 3 aromatic rings. The lowest BCUT2D eigenvalue weighted by molar-refractivity contribution is -0.136. The van der Waals surface area contributed by atoms with Gasteiger partial charge in [-0.05, 0) is 64.4 Å². The normalized spacial score (nSPS) is 13.2. The summed E-state index contributed by atoms with van der Waals surface area (Å²) in [5.74, 6) is -1.07. The predicted molar refractivity (Wildman–Crippen MR) is 138 cm³/mol. The first kappa shape index (κ1) is 26.6. The van der Waals surface area contributed by atoms with Crippen LogP contribution in [0, 0.1) is 0 Å². The van der Waals surface area contributed by atoms with Crippen molar-refractivity contribution in [2.24, 2.45) is 0 Å². The molecule has 2 atom stereocenters. The molecule has 2 amide bonds. The largest absolute Gasteiger partial charge is 0.461 e. The number of amides is 2. The molecule has 0 fully saturated rings. The molecule has 0 saturated heterocycles. The van der Waals surface area contributed by atoms with Crippen molar-refractivity contribution < 1.29 is 19.1 Å². The van der Waals surface area contributed by atoms with Crippen LogP contribution < -0.4 is 5.32 Å². The molecule has 9 heteroatoms. The molecule has 2 N–H and O–H groups in total. The Morgan fingerprint density at radius 2 is 1.74 bits per heavy atom. The van der Waals surface area contributed by atoms with Gasteiger partial charge in [0.25, 0.3) is 0 Å². The molecule has 3 rings (SSSR count). The Balaban J connectivity index is 2.27. The highest BCUT2D eigenvalue weighted by molar-refractivity contribution is 6.31. The number of aromatic nitrogens is 1. The molecule has 1 heterocycles. The second kappa shape index (κ2) is 10.7. The van der Waals surface area contributed by atoms with Crippen molar-refractivity contribution in [2.45, 2.75) is 52.2 Å². The van der Waals surface area contributed by atoms with Gasteiger partial charge in [-0.2, -0.15) is 0 Å². The summed E-state index contributed by atoms with van der Waals surface area (Å²) in [5.41, 5.74) is 1.16. The highest BCUT2D eigenvalue weighted by Crippen LogP contribution is 2.37. The SMILES string of the molecule is CCOC(=O)c1[nH]c2cc(Cl)ccc2c1C(C(=O)NC(C)(C)C)N(C=O)[C@@H](C)c1ccc(Cl)cc1. The summed E-state index contributed by atoms with van der Waals surface area (Å²) in [6, 6.07) is 10.4. The van der Waals surface area contributed by atoms with E-state index in [2.05, 4.69) is 10.3 Å². The number of halogens is 2. The van der Waals surface area contributed by atoms with Crippen LogP contribution in [-0.2, 0) is 14.3 Å². The third-order valence-electron chi connectivity index (χ3n) is 5.52. The first-order valence-corrected chi connectivity index (χ1v) is 12.0. The second-order valence-electron chi connectivity index (χ2n) is 9.25. The number of carbonyl (C=O) groups is 3. The number of nitrogens with one attached hydrogen (secondary N) is 2. The predicted octanol–water partition coefficient (Wildman–Crippen LogP) is 5.83. The van der Waals surface area contributed by atoms with Crippen molar-refractivity contribution in [2.75, 3.05) is 6.61 Å². The van der Waals surface area contributed by atoms with Crippen LogP contribution in [0.15, 0.2) is 42.5 Å². The first-order chi connectivity index (χ1) is 16.5. The number of hydrogen-bond donors (Lipinski definition) is 2. The molecule has 0 spiro atoms. The van der Waals surface area contributed by atoms with Crippen molar-refractivity contribution >= 4 is 52.4 Å². The van der Waals surface area contributed by atoms with Gasteiger partial charge in [-0.3, -0.25) is 9.59 Å². The van der Waals surface area contributed by atoms with Crippen LogP contribution in [0.1, 0.15) is 68.3 Å². The van der Waals surface area contributed by atoms with E-state index < -0.39 is 29.5 Å². The summed E-state index contributed by atoms with van der Waals surface area (Å²) in [6.07, 6.45) is 0.621. The Bertz CT molecular complexity index is 1230. The van der Waals surface area contributed by atoms with E-state index in [1.807, 2.05) is 27.7 Å². The molecule has 0 aliphatic carbocycles. The lowest BCUT2D eigenvalue weighted by atomic mass is 9.96. The zero-order valence-corrected chi connectivity index (χ0v) is 21.8. The Hall–Kier alpha value is -3.03. The van der Waals surface area contributed by atoms with Crippen molar-refractivity contribution in [1.82, 2.24) is 15.2 Å².